The van der Waals surface area contributed by atoms with Crippen molar-refractivity contribution in [2.24, 2.45) is 0 Å². The van der Waals surface area contributed by atoms with Crippen molar-refractivity contribution in [2.45, 2.75) is 37.8 Å². The van der Waals surface area contributed by atoms with Gasteiger partial charge in [0.05, 0.1) is 11.5 Å². The first-order valence-electron chi connectivity index (χ1n) is 8.03. The third-order valence-corrected chi connectivity index (χ3v) is 6.78. The topological polar surface area (TPSA) is 52.7 Å². The van der Waals surface area contributed by atoms with Crippen LogP contribution in [0, 0.1) is 0 Å². The Hall–Kier alpha value is -0.170. The Morgan fingerprint density at radius 3 is 2.80 bits per heavy atom. The van der Waals surface area contributed by atoms with Gasteiger partial charge in [-0.2, -0.15) is 0 Å². The van der Waals surface area contributed by atoms with Gasteiger partial charge in [0, 0.05) is 44.8 Å². The fraction of sp³-hybridized carbons (Fsp3) is 1.00. The molecule has 6 heteroatoms. The Labute approximate surface area is 122 Å². The standard InChI is InChI=1S/C14H27N3O2S/c18-20(19)10-4-13(12-20)15-5-7-16-8-9-17-6-2-1-3-14(17)11-16/h13-15H,1-12H2. The predicted molar refractivity (Wildman–Crippen MR) is 80.7 cm³/mol. The molecule has 0 radical (unpaired) electrons. The lowest BCUT2D eigenvalue weighted by atomic mass is 9.99. The molecule has 0 bridgehead atoms. The van der Waals surface area contributed by atoms with Crippen LogP contribution in [0.25, 0.3) is 0 Å². The van der Waals surface area contributed by atoms with Gasteiger partial charge in [-0.25, -0.2) is 8.42 Å². The van der Waals surface area contributed by atoms with E-state index in [1.807, 2.05) is 0 Å². The number of nitrogens with one attached hydrogen (secondary N) is 1. The highest BCUT2D eigenvalue weighted by atomic mass is 32.2. The lowest BCUT2D eigenvalue weighted by molar-refractivity contribution is 0.0497. The first-order valence-corrected chi connectivity index (χ1v) is 9.85. The number of fused-ring (bicyclic) bond motifs is 1. The van der Waals surface area contributed by atoms with Crippen molar-refractivity contribution >= 4 is 9.84 Å². The van der Waals surface area contributed by atoms with E-state index in [1.54, 1.807) is 0 Å². The summed E-state index contributed by atoms with van der Waals surface area (Å²) in [6, 6.07) is 0.959. The highest BCUT2D eigenvalue weighted by molar-refractivity contribution is 7.91. The van der Waals surface area contributed by atoms with Crippen LogP contribution in [0.1, 0.15) is 25.7 Å². The van der Waals surface area contributed by atoms with E-state index in [9.17, 15) is 8.42 Å². The molecule has 0 amide bonds. The summed E-state index contributed by atoms with van der Waals surface area (Å²) in [6.45, 7) is 6.85. The summed E-state index contributed by atoms with van der Waals surface area (Å²) in [5.74, 6) is 0.703. The minimum Gasteiger partial charge on any atom is -0.312 e. The second-order valence-corrected chi connectivity index (χ2v) is 8.77. The second kappa shape index (κ2) is 6.30. The van der Waals surface area contributed by atoms with Gasteiger partial charge in [0.2, 0.25) is 0 Å². The first-order chi connectivity index (χ1) is 9.62. The number of hydrogen-bond acceptors (Lipinski definition) is 5. The molecule has 3 saturated heterocycles. The zero-order valence-electron chi connectivity index (χ0n) is 12.3. The summed E-state index contributed by atoms with van der Waals surface area (Å²) in [5, 5.41) is 3.42. The molecule has 5 nitrogen and oxygen atoms in total. The van der Waals surface area contributed by atoms with Crippen LogP contribution in [0.5, 0.6) is 0 Å². The maximum atomic E-state index is 11.4. The summed E-state index contributed by atoms with van der Waals surface area (Å²) in [5.41, 5.74) is 0. The van der Waals surface area contributed by atoms with Crippen LogP contribution >= 0.6 is 0 Å². The summed E-state index contributed by atoms with van der Waals surface area (Å²) in [4.78, 5) is 5.19. The molecule has 0 aromatic rings. The van der Waals surface area contributed by atoms with Crippen LogP contribution in [0.4, 0.5) is 0 Å². The van der Waals surface area contributed by atoms with Gasteiger partial charge < -0.3 is 5.32 Å². The lowest BCUT2D eigenvalue weighted by Gasteiger charge is -2.44. The van der Waals surface area contributed by atoms with Gasteiger partial charge in [-0.3, -0.25) is 9.80 Å². The minimum absolute atomic E-state index is 0.191. The molecule has 0 aromatic heterocycles. The maximum Gasteiger partial charge on any atom is 0.151 e. The highest BCUT2D eigenvalue weighted by Gasteiger charge is 2.29. The molecule has 3 aliphatic heterocycles. The van der Waals surface area contributed by atoms with Crippen molar-refractivity contribution in [1.82, 2.24) is 15.1 Å². The van der Waals surface area contributed by atoms with Crippen molar-refractivity contribution in [2.75, 3.05) is 50.8 Å². The van der Waals surface area contributed by atoms with E-state index in [0.717, 1.165) is 25.6 Å². The quantitative estimate of drug-likeness (QED) is 0.788. The molecule has 2 atom stereocenters. The monoisotopic (exact) mass is 301 g/mol. The predicted octanol–water partition coefficient (Wildman–Crippen LogP) is -0.0668. The zero-order chi connectivity index (χ0) is 14.0. The summed E-state index contributed by atoms with van der Waals surface area (Å²) >= 11 is 0. The second-order valence-electron chi connectivity index (χ2n) is 6.54. The smallest absolute Gasteiger partial charge is 0.151 e. The van der Waals surface area contributed by atoms with Gasteiger partial charge in [-0.1, -0.05) is 6.42 Å². The molecular formula is C14H27N3O2S. The van der Waals surface area contributed by atoms with Crippen molar-refractivity contribution in [3.8, 4) is 0 Å². The molecule has 3 rings (SSSR count). The SMILES string of the molecule is O=S1(=O)CCC(NCCN2CCN3CCCCC3C2)C1. The van der Waals surface area contributed by atoms with Crippen molar-refractivity contribution in [3.05, 3.63) is 0 Å². The van der Waals surface area contributed by atoms with Crippen LogP contribution in [-0.4, -0.2) is 81.1 Å². The minimum atomic E-state index is -2.75. The number of nitrogens with zero attached hydrogens (tertiary/aromatic N) is 2. The third-order valence-electron chi connectivity index (χ3n) is 5.01. The average Bonchev–Trinajstić information content (AvgIpc) is 2.78. The molecule has 20 heavy (non-hydrogen) atoms. The summed E-state index contributed by atoms with van der Waals surface area (Å²) in [7, 11) is -2.75. The maximum absolute atomic E-state index is 11.4. The molecular weight excluding hydrogens is 274 g/mol. The van der Waals surface area contributed by atoms with E-state index in [4.69, 9.17) is 0 Å². The Bertz CT molecular complexity index is 426. The summed E-state index contributed by atoms with van der Waals surface area (Å²) in [6.07, 6.45) is 4.89. The van der Waals surface area contributed by atoms with Gasteiger partial charge in [-0.05, 0) is 25.8 Å². The normalized spacial score (nSPS) is 35.0. The van der Waals surface area contributed by atoms with Gasteiger partial charge in [0.25, 0.3) is 0 Å². The van der Waals surface area contributed by atoms with E-state index in [-0.39, 0.29) is 6.04 Å². The molecule has 0 aliphatic carbocycles. The van der Waals surface area contributed by atoms with Crippen LogP contribution in [-0.2, 0) is 9.84 Å². The fourth-order valence-corrected chi connectivity index (χ4v) is 5.51. The molecule has 0 spiro atoms. The van der Waals surface area contributed by atoms with E-state index >= 15 is 0 Å². The van der Waals surface area contributed by atoms with Gasteiger partial charge >= 0.3 is 0 Å². The molecule has 1 N–H and O–H groups in total. The van der Waals surface area contributed by atoms with E-state index in [2.05, 4.69) is 15.1 Å². The van der Waals surface area contributed by atoms with Crippen molar-refractivity contribution in [1.29, 1.82) is 0 Å². The number of piperidine rings is 1. The Morgan fingerprint density at radius 2 is 2.00 bits per heavy atom. The van der Waals surface area contributed by atoms with E-state index in [1.165, 1.54) is 45.4 Å². The Kier molecular flexibility index (Phi) is 4.65. The molecule has 0 aromatic carbocycles. The van der Waals surface area contributed by atoms with Crippen LogP contribution in [0.15, 0.2) is 0 Å². The van der Waals surface area contributed by atoms with Crippen LogP contribution < -0.4 is 5.32 Å². The van der Waals surface area contributed by atoms with Crippen LogP contribution in [0.2, 0.25) is 0 Å². The number of piperazine rings is 1. The number of hydrogen-bond donors (Lipinski definition) is 1. The van der Waals surface area contributed by atoms with E-state index in [0.29, 0.717) is 11.5 Å². The summed E-state index contributed by atoms with van der Waals surface area (Å²) < 4.78 is 22.8. The average molecular weight is 301 g/mol. The zero-order valence-corrected chi connectivity index (χ0v) is 13.1. The van der Waals surface area contributed by atoms with Gasteiger partial charge in [-0.15, -0.1) is 0 Å². The van der Waals surface area contributed by atoms with Crippen molar-refractivity contribution < 1.29 is 8.42 Å². The lowest BCUT2D eigenvalue weighted by Crippen LogP contribution is -2.55. The molecule has 3 fully saturated rings. The molecule has 3 aliphatic rings. The first kappa shape index (κ1) is 14.8. The highest BCUT2D eigenvalue weighted by Crippen LogP contribution is 2.20. The number of rotatable bonds is 4. The molecule has 3 heterocycles. The molecule has 116 valence electrons. The van der Waals surface area contributed by atoms with Crippen LogP contribution in [0.3, 0.4) is 0 Å². The Balaban J connectivity index is 1.37. The number of sulfone groups is 1. The third kappa shape index (κ3) is 3.72. The Morgan fingerprint density at radius 1 is 1.10 bits per heavy atom. The van der Waals surface area contributed by atoms with E-state index < -0.39 is 9.84 Å². The largest absolute Gasteiger partial charge is 0.312 e. The molecule has 0 saturated carbocycles. The van der Waals surface area contributed by atoms with Gasteiger partial charge in [0.15, 0.2) is 9.84 Å². The van der Waals surface area contributed by atoms with Gasteiger partial charge in [0.1, 0.15) is 0 Å². The van der Waals surface area contributed by atoms with Crippen molar-refractivity contribution in [3.63, 3.8) is 0 Å². The molecule has 2 unspecified atom stereocenters. The fourth-order valence-electron chi connectivity index (χ4n) is 3.81.